The summed E-state index contributed by atoms with van der Waals surface area (Å²) in [7, 11) is 0. The Balaban J connectivity index is 2.21. The molecule has 17 heavy (non-hydrogen) atoms. The second kappa shape index (κ2) is 7.14. The Morgan fingerprint density at radius 3 is 2.65 bits per heavy atom. The highest BCUT2D eigenvalue weighted by atomic mass is 16.5. The number of hydrogen-bond acceptors (Lipinski definition) is 4. The van der Waals surface area contributed by atoms with Crippen LogP contribution in [0.1, 0.15) is 13.8 Å². The fourth-order valence-corrected chi connectivity index (χ4v) is 1.28. The van der Waals surface area contributed by atoms with Gasteiger partial charge in [-0.2, -0.15) is 0 Å². The maximum absolute atomic E-state index is 9.61. The second-order valence-corrected chi connectivity index (χ2v) is 4.47. The van der Waals surface area contributed by atoms with Gasteiger partial charge in [0, 0.05) is 18.4 Å². The molecule has 1 unspecified atom stereocenters. The fraction of sp³-hybridized carbons (Fsp3) is 0.538. The minimum atomic E-state index is -0.616. The predicted octanol–water partition coefficient (Wildman–Crippen LogP) is 1.68. The molecule has 0 amide bonds. The Morgan fingerprint density at radius 1 is 1.24 bits per heavy atom. The number of hydrogen-bond donors (Lipinski definition) is 2. The van der Waals surface area contributed by atoms with Crippen molar-refractivity contribution in [2.24, 2.45) is 5.92 Å². The number of aliphatic hydroxyl groups excluding tert-OH is 1. The van der Waals surface area contributed by atoms with Crippen LogP contribution in [0, 0.1) is 5.92 Å². The SMILES string of the molecule is CC(C)COCC(O)COc1cccc(N)c1. The Kier molecular flexibility index (Phi) is 5.80. The van der Waals surface area contributed by atoms with Crippen molar-refractivity contribution < 1.29 is 14.6 Å². The summed E-state index contributed by atoms with van der Waals surface area (Å²) in [5.41, 5.74) is 6.26. The predicted molar refractivity (Wildman–Crippen MR) is 68.0 cm³/mol. The summed E-state index contributed by atoms with van der Waals surface area (Å²) in [4.78, 5) is 0. The van der Waals surface area contributed by atoms with Crippen LogP contribution in [0.3, 0.4) is 0 Å². The van der Waals surface area contributed by atoms with E-state index >= 15 is 0 Å². The average Bonchev–Trinajstić information content (AvgIpc) is 2.26. The smallest absolute Gasteiger partial charge is 0.121 e. The monoisotopic (exact) mass is 239 g/mol. The van der Waals surface area contributed by atoms with Crippen LogP contribution in [-0.4, -0.2) is 31.0 Å². The van der Waals surface area contributed by atoms with E-state index in [-0.39, 0.29) is 6.61 Å². The zero-order chi connectivity index (χ0) is 12.7. The van der Waals surface area contributed by atoms with Gasteiger partial charge in [0.05, 0.1) is 6.61 Å². The topological polar surface area (TPSA) is 64.7 Å². The maximum Gasteiger partial charge on any atom is 0.121 e. The van der Waals surface area contributed by atoms with Crippen molar-refractivity contribution in [3.05, 3.63) is 24.3 Å². The summed E-state index contributed by atoms with van der Waals surface area (Å²) in [6.07, 6.45) is -0.616. The summed E-state index contributed by atoms with van der Waals surface area (Å²) in [6.45, 7) is 5.28. The van der Waals surface area contributed by atoms with E-state index in [9.17, 15) is 5.11 Å². The average molecular weight is 239 g/mol. The van der Waals surface area contributed by atoms with Crippen molar-refractivity contribution >= 4 is 5.69 Å². The van der Waals surface area contributed by atoms with Gasteiger partial charge in [-0.15, -0.1) is 0 Å². The molecule has 0 spiro atoms. The lowest BCUT2D eigenvalue weighted by Gasteiger charge is -2.14. The lowest BCUT2D eigenvalue weighted by Crippen LogP contribution is -2.24. The molecule has 4 heteroatoms. The summed E-state index contributed by atoms with van der Waals surface area (Å²) >= 11 is 0. The molecular weight excluding hydrogens is 218 g/mol. The minimum Gasteiger partial charge on any atom is -0.491 e. The van der Waals surface area contributed by atoms with Crippen molar-refractivity contribution in [2.75, 3.05) is 25.6 Å². The second-order valence-electron chi connectivity index (χ2n) is 4.47. The molecule has 0 saturated heterocycles. The van der Waals surface area contributed by atoms with Gasteiger partial charge in [0.25, 0.3) is 0 Å². The highest BCUT2D eigenvalue weighted by molar-refractivity contribution is 5.43. The molecular formula is C13H21NO3. The molecule has 0 aromatic heterocycles. The number of rotatable bonds is 7. The minimum absolute atomic E-state index is 0.210. The van der Waals surface area contributed by atoms with Crippen LogP contribution in [0.4, 0.5) is 5.69 Å². The molecule has 0 aliphatic heterocycles. The third-order valence-electron chi connectivity index (χ3n) is 2.06. The van der Waals surface area contributed by atoms with Crippen LogP contribution in [0.2, 0.25) is 0 Å². The Labute approximate surface area is 102 Å². The number of nitrogens with two attached hydrogens (primary N) is 1. The van der Waals surface area contributed by atoms with Gasteiger partial charge in [0.15, 0.2) is 0 Å². The molecule has 4 nitrogen and oxygen atoms in total. The number of anilines is 1. The standard InChI is InChI=1S/C13H21NO3/c1-10(2)7-16-8-12(15)9-17-13-5-3-4-11(14)6-13/h3-6,10,12,15H,7-9,14H2,1-2H3. The Bertz CT molecular complexity index is 328. The van der Waals surface area contributed by atoms with Crippen LogP contribution >= 0.6 is 0 Å². The summed E-state index contributed by atoms with van der Waals surface area (Å²) in [5, 5.41) is 9.61. The molecule has 96 valence electrons. The summed E-state index contributed by atoms with van der Waals surface area (Å²) < 4.78 is 10.7. The highest BCUT2D eigenvalue weighted by Crippen LogP contribution is 2.14. The molecule has 0 saturated carbocycles. The van der Waals surface area contributed by atoms with E-state index in [2.05, 4.69) is 13.8 Å². The third-order valence-corrected chi connectivity index (χ3v) is 2.06. The number of benzene rings is 1. The van der Waals surface area contributed by atoms with Crippen LogP contribution in [-0.2, 0) is 4.74 Å². The molecule has 1 aromatic rings. The normalized spacial score (nSPS) is 12.7. The molecule has 0 radical (unpaired) electrons. The van der Waals surface area contributed by atoms with Crippen molar-refractivity contribution in [3.8, 4) is 5.75 Å². The molecule has 0 aliphatic rings. The van der Waals surface area contributed by atoms with Gasteiger partial charge in [-0.25, -0.2) is 0 Å². The molecule has 0 fully saturated rings. The van der Waals surface area contributed by atoms with Gasteiger partial charge in [0.2, 0.25) is 0 Å². The van der Waals surface area contributed by atoms with Crippen LogP contribution in [0.5, 0.6) is 5.75 Å². The zero-order valence-corrected chi connectivity index (χ0v) is 10.4. The van der Waals surface area contributed by atoms with E-state index < -0.39 is 6.10 Å². The summed E-state index contributed by atoms with van der Waals surface area (Å²) in [5.74, 6) is 1.13. The molecule has 0 heterocycles. The van der Waals surface area contributed by atoms with Crippen LogP contribution in [0.15, 0.2) is 24.3 Å². The zero-order valence-electron chi connectivity index (χ0n) is 10.4. The van der Waals surface area contributed by atoms with Gasteiger partial charge in [0.1, 0.15) is 18.5 Å². The van der Waals surface area contributed by atoms with Gasteiger partial charge in [-0.05, 0) is 18.1 Å². The van der Waals surface area contributed by atoms with E-state index in [1.807, 2.05) is 6.07 Å². The molecule has 1 rings (SSSR count). The molecule has 0 aliphatic carbocycles. The van der Waals surface area contributed by atoms with E-state index in [0.717, 1.165) is 0 Å². The number of ether oxygens (including phenoxy) is 2. The highest BCUT2D eigenvalue weighted by Gasteiger charge is 2.06. The lowest BCUT2D eigenvalue weighted by molar-refractivity contribution is 0.00394. The van der Waals surface area contributed by atoms with Crippen LogP contribution in [0.25, 0.3) is 0 Å². The van der Waals surface area contributed by atoms with E-state index in [1.54, 1.807) is 18.2 Å². The third kappa shape index (κ3) is 6.14. The van der Waals surface area contributed by atoms with Crippen molar-refractivity contribution in [3.63, 3.8) is 0 Å². The first-order chi connectivity index (χ1) is 8.08. The quantitative estimate of drug-likeness (QED) is 0.711. The Morgan fingerprint density at radius 2 is 2.00 bits per heavy atom. The molecule has 1 atom stereocenters. The summed E-state index contributed by atoms with van der Waals surface area (Å²) in [6, 6.07) is 7.13. The van der Waals surface area contributed by atoms with Gasteiger partial charge >= 0.3 is 0 Å². The van der Waals surface area contributed by atoms with Crippen LogP contribution < -0.4 is 10.5 Å². The molecule has 3 N–H and O–H groups in total. The number of aliphatic hydroxyl groups is 1. The van der Waals surface area contributed by atoms with Gasteiger partial charge < -0.3 is 20.3 Å². The first kappa shape index (κ1) is 13.8. The van der Waals surface area contributed by atoms with Gasteiger partial charge in [-0.3, -0.25) is 0 Å². The van der Waals surface area contributed by atoms with E-state index in [1.165, 1.54) is 0 Å². The molecule has 1 aromatic carbocycles. The first-order valence-corrected chi connectivity index (χ1v) is 5.82. The first-order valence-electron chi connectivity index (χ1n) is 5.82. The van der Waals surface area contributed by atoms with E-state index in [4.69, 9.17) is 15.2 Å². The largest absolute Gasteiger partial charge is 0.491 e. The van der Waals surface area contributed by atoms with E-state index in [0.29, 0.717) is 30.6 Å². The maximum atomic E-state index is 9.61. The van der Waals surface area contributed by atoms with Crippen molar-refractivity contribution in [1.29, 1.82) is 0 Å². The van der Waals surface area contributed by atoms with Crippen molar-refractivity contribution in [1.82, 2.24) is 0 Å². The molecule has 0 bridgehead atoms. The fourth-order valence-electron chi connectivity index (χ4n) is 1.28. The number of nitrogen functional groups attached to an aromatic ring is 1. The van der Waals surface area contributed by atoms with Crippen molar-refractivity contribution in [2.45, 2.75) is 20.0 Å². The van der Waals surface area contributed by atoms with Gasteiger partial charge in [-0.1, -0.05) is 19.9 Å². The lowest BCUT2D eigenvalue weighted by atomic mass is 10.2. The Hall–Kier alpha value is -1.26.